The Balaban J connectivity index is 0.000000260. The maximum Gasteiger partial charge on any atom is 0.416 e. The summed E-state index contributed by atoms with van der Waals surface area (Å²) in [6, 6.07) is 6.68. The fraction of sp³-hybridized carbons (Fsp3) is 0.250. The fourth-order valence-corrected chi connectivity index (χ4v) is 2.39. The van der Waals surface area contributed by atoms with Gasteiger partial charge in [0.15, 0.2) is 0 Å². The molecule has 0 bridgehead atoms. The first-order valence-corrected chi connectivity index (χ1v) is 7.88. The van der Waals surface area contributed by atoms with Crippen LogP contribution in [0.4, 0.5) is 32.0 Å². The second kappa shape index (κ2) is 8.69. The van der Waals surface area contributed by atoms with Gasteiger partial charge in [0, 0.05) is 15.3 Å². The topological polar surface area (TPSA) is 44.5 Å². The van der Waals surface area contributed by atoms with Crippen LogP contribution in [0.2, 0.25) is 0 Å². The Labute approximate surface area is 159 Å². The van der Waals surface area contributed by atoms with E-state index in [-0.39, 0.29) is 17.2 Å². The number of nitrogens with two attached hydrogens (primary N) is 1. The smallest absolute Gasteiger partial charge is 0.416 e. The highest BCUT2D eigenvalue weighted by atomic mass is 127. The van der Waals surface area contributed by atoms with E-state index in [2.05, 4.69) is 4.74 Å². The van der Waals surface area contributed by atoms with Gasteiger partial charge >= 0.3 is 12.4 Å². The van der Waals surface area contributed by atoms with Crippen molar-refractivity contribution < 1.29 is 35.8 Å². The van der Waals surface area contributed by atoms with Crippen LogP contribution < -0.4 is 15.2 Å². The maximum absolute atomic E-state index is 12.2. The molecule has 0 spiro atoms. The standard InChI is InChI=1S/C8H6F3IO.C8H8F3NO/c2*1-13-7-3-5(8(9,10)11)2-6(12)4-7/h2-4H,1H3;2-4H,12H2,1H3. The lowest BCUT2D eigenvalue weighted by molar-refractivity contribution is -0.138. The van der Waals surface area contributed by atoms with Crippen LogP contribution in [0.15, 0.2) is 36.4 Å². The quantitative estimate of drug-likeness (QED) is 0.336. The molecular formula is C16H14F6INO2. The molecule has 2 aromatic rings. The summed E-state index contributed by atoms with van der Waals surface area (Å²) >= 11 is 1.81. The summed E-state index contributed by atoms with van der Waals surface area (Å²) in [5.74, 6) is 0.326. The van der Waals surface area contributed by atoms with Crippen LogP contribution in [-0.2, 0) is 12.4 Å². The first kappa shape index (κ1) is 22.2. The summed E-state index contributed by atoms with van der Waals surface area (Å²) in [5.41, 5.74) is 3.80. The second-order valence-electron chi connectivity index (χ2n) is 4.87. The van der Waals surface area contributed by atoms with Gasteiger partial charge in [0.25, 0.3) is 0 Å². The molecule has 2 rings (SSSR count). The van der Waals surface area contributed by atoms with Crippen LogP contribution in [0.25, 0.3) is 0 Å². The minimum Gasteiger partial charge on any atom is -0.497 e. The van der Waals surface area contributed by atoms with Gasteiger partial charge in [-0.25, -0.2) is 0 Å². The monoisotopic (exact) mass is 493 g/mol. The first-order chi connectivity index (χ1) is 11.9. The maximum atomic E-state index is 12.2. The number of ether oxygens (including phenoxy) is 2. The Hall–Kier alpha value is -1.85. The van der Waals surface area contributed by atoms with Crippen LogP contribution in [0.3, 0.4) is 0 Å². The number of halogens is 7. The van der Waals surface area contributed by atoms with Crippen molar-refractivity contribution in [3.63, 3.8) is 0 Å². The molecule has 3 nitrogen and oxygen atoms in total. The van der Waals surface area contributed by atoms with E-state index in [0.717, 1.165) is 24.3 Å². The van der Waals surface area contributed by atoms with E-state index in [4.69, 9.17) is 10.5 Å². The van der Waals surface area contributed by atoms with Gasteiger partial charge in [-0.2, -0.15) is 26.3 Å². The summed E-state index contributed by atoms with van der Waals surface area (Å²) < 4.78 is 83.1. The molecule has 144 valence electrons. The van der Waals surface area contributed by atoms with Crippen molar-refractivity contribution in [2.24, 2.45) is 0 Å². The summed E-state index contributed by atoms with van der Waals surface area (Å²) in [5, 5.41) is 0. The highest BCUT2D eigenvalue weighted by molar-refractivity contribution is 14.1. The highest BCUT2D eigenvalue weighted by Crippen LogP contribution is 2.34. The zero-order chi connectivity index (χ0) is 20.1. The molecule has 0 saturated carbocycles. The van der Waals surface area contributed by atoms with Crippen molar-refractivity contribution in [1.29, 1.82) is 0 Å². The van der Waals surface area contributed by atoms with Crippen molar-refractivity contribution in [3.05, 3.63) is 51.1 Å². The van der Waals surface area contributed by atoms with Crippen molar-refractivity contribution in [3.8, 4) is 11.5 Å². The Morgan fingerprint density at radius 2 is 1.15 bits per heavy atom. The predicted molar refractivity (Wildman–Crippen MR) is 93.1 cm³/mol. The number of rotatable bonds is 2. The molecule has 0 aliphatic rings. The van der Waals surface area contributed by atoms with Gasteiger partial charge in [-0.3, -0.25) is 0 Å². The molecule has 0 saturated heterocycles. The van der Waals surface area contributed by atoms with Gasteiger partial charge in [-0.05, 0) is 52.9 Å². The SMILES string of the molecule is COc1cc(I)cc(C(F)(F)F)c1.COc1cc(N)cc(C(F)(F)F)c1. The molecule has 0 aromatic heterocycles. The molecule has 0 fully saturated rings. The Morgan fingerprint density at radius 3 is 1.58 bits per heavy atom. The van der Waals surface area contributed by atoms with E-state index in [9.17, 15) is 26.3 Å². The number of nitrogen functional groups attached to an aromatic ring is 1. The van der Waals surface area contributed by atoms with E-state index >= 15 is 0 Å². The zero-order valence-corrected chi connectivity index (χ0v) is 15.7. The molecule has 0 unspecified atom stereocenters. The number of anilines is 1. The Morgan fingerprint density at radius 1 is 0.731 bits per heavy atom. The van der Waals surface area contributed by atoms with E-state index in [1.54, 1.807) is 0 Å². The van der Waals surface area contributed by atoms with Crippen molar-refractivity contribution in [1.82, 2.24) is 0 Å². The van der Waals surface area contributed by atoms with Gasteiger partial charge in [-0.15, -0.1) is 0 Å². The number of benzene rings is 2. The number of alkyl halides is 6. The molecule has 10 heteroatoms. The molecule has 0 aliphatic carbocycles. The van der Waals surface area contributed by atoms with Gasteiger partial charge in [0.1, 0.15) is 11.5 Å². The second-order valence-corrected chi connectivity index (χ2v) is 6.12. The molecule has 2 aromatic carbocycles. The third-order valence-electron chi connectivity index (χ3n) is 2.93. The van der Waals surface area contributed by atoms with Crippen molar-refractivity contribution in [2.75, 3.05) is 20.0 Å². The van der Waals surface area contributed by atoms with Gasteiger partial charge < -0.3 is 15.2 Å². The van der Waals surface area contributed by atoms with E-state index in [0.29, 0.717) is 3.57 Å². The lowest BCUT2D eigenvalue weighted by Gasteiger charge is -2.09. The van der Waals surface area contributed by atoms with E-state index < -0.39 is 23.5 Å². The molecule has 0 aliphatic heterocycles. The molecule has 0 radical (unpaired) electrons. The molecule has 0 amide bonds. The summed E-state index contributed by atoms with van der Waals surface area (Å²) in [6.45, 7) is 0. The first-order valence-electron chi connectivity index (χ1n) is 6.80. The van der Waals surface area contributed by atoms with Gasteiger partial charge in [-0.1, -0.05) is 0 Å². The minimum absolute atomic E-state index is 0.0340. The van der Waals surface area contributed by atoms with Crippen molar-refractivity contribution in [2.45, 2.75) is 12.4 Å². The largest absolute Gasteiger partial charge is 0.497 e. The molecule has 0 heterocycles. The average molecular weight is 493 g/mol. The third kappa shape index (κ3) is 6.81. The van der Waals surface area contributed by atoms with Crippen molar-refractivity contribution >= 4 is 28.3 Å². The minimum atomic E-state index is -4.39. The normalized spacial score (nSPS) is 11.4. The fourth-order valence-electron chi connectivity index (χ4n) is 1.75. The summed E-state index contributed by atoms with van der Waals surface area (Å²) in [7, 11) is 2.63. The molecule has 2 N–H and O–H groups in total. The van der Waals surface area contributed by atoms with E-state index in [1.165, 1.54) is 26.4 Å². The van der Waals surface area contributed by atoms with Crippen LogP contribution in [0.1, 0.15) is 11.1 Å². The van der Waals surface area contributed by atoms with Crippen LogP contribution in [0, 0.1) is 3.57 Å². The van der Waals surface area contributed by atoms with E-state index in [1.807, 2.05) is 22.6 Å². The van der Waals surface area contributed by atoms with Crippen LogP contribution >= 0.6 is 22.6 Å². The molecule has 26 heavy (non-hydrogen) atoms. The lowest BCUT2D eigenvalue weighted by Crippen LogP contribution is -2.06. The summed E-state index contributed by atoms with van der Waals surface area (Å²) in [6.07, 6.45) is -8.70. The van der Waals surface area contributed by atoms with Crippen LogP contribution in [0.5, 0.6) is 11.5 Å². The Bertz CT molecular complexity index is 683. The number of hydrogen-bond acceptors (Lipinski definition) is 3. The summed E-state index contributed by atoms with van der Waals surface area (Å²) in [4.78, 5) is 0. The Kier molecular flexibility index (Phi) is 7.42. The number of methoxy groups -OCH3 is 2. The van der Waals surface area contributed by atoms with Gasteiger partial charge in [0.05, 0.1) is 25.3 Å². The predicted octanol–water partition coefficient (Wildman–Crippen LogP) is 5.61. The van der Waals surface area contributed by atoms with Crippen LogP contribution in [-0.4, -0.2) is 14.2 Å². The molecular weight excluding hydrogens is 479 g/mol. The third-order valence-corrected chi connectivity index (χ3v) is 3.55. The van der Waals surface area contributed by atoms with Gasteiger partial charge in [0.2, 0.25) is 0 Å². The lowest BCUT2D eigenvalue weighted by atomic mass is 10.2. The average Bonchev–Trinajstić information content (AvgIpc) is 2.52. The zero-order valence-electron chi connectivity index (χ0n) is 13.5. The molecule has 0 atom stereocenters. The highest BCUT2D eigenvalue weighted by Gasteiger charge is 2.31. The number of hydrogen-bond donors (Lipinski definition) is 1.